The van der Waals surface area contributed by atoms with Crippen molar-refractivity contribution in [1.29, 1.82) is 0 Å². The molecule has 0 bridgehead atoms. The second-order valence-electron chi connectivity index (χ2n) is 9.51. The summed E-state index contributed by atoms with van der Waals surface area (Å²) in [6.07, 6.45) is 12.2. The summed E-state index contributed by atoms with van der Waals surface area (Å²) in [5.41, 5.74) is 11.1. The fourth-order valence-corrected chi connectivity index (χ4v) is 5.24. The molecule has 6 nitrogen and oxygen atoms in total. The molecule has 0 fully saturated rings. The fourth-order valence-electron chi connectivity index (χ4n) is 5.24. The van der Waals surface area contributed by atoms with Gasteiger partial charge in [-0.15, -0.1) is 0 Å². The third kappa shape index (κ3) is 3.65. The van der Waals surface area contributed by atoms with E-state index in [0.29, 0.717) is 6.42 Å². The van der Waals surface area contributed by atoms with E-state index in [-0.39, 0.29) is 0 Å². The van der Waals surface area contributed by atoms with Crippen LogP contribution >= 0.6 is 0 Å². The number of aliphatic imine (C=N–C) groups is 1. The van der Waals surface area contributed by atoms with Crippen LogP contribution in [0, 0.1) is 0 Å². The largest absolute Gasteiger partial charge is 0.454 e. The van der Waals surface area contributed by atoms with Gasteiger partial charge in [-0.1, -0.05) is 18.2 Å². The molecular weight excluding hydrogens is 484 g/mol. The first-order valence-corrected chi connectivity index (χ1v) is 12.8. The van der Waals surface area contributed by atoms with Crippen LogP contribution in [0.3, 0.4) is 0 Å². The number of nitrogens with zero attached hydrogens (tertiary/aromatic N) is 4. The van der Waals surface area contributed by atoms with Gasteiger partial charge >= 0.3 is 0 Å². The van der Waals surface area contributed by atoms with Crippen LogP contribution in [-0.2, 0) is 0 Å². The van der Waals surface area contributed by atoms with Crippen LogP contribution in [0.5, 0.6) is 0 Å². The normalized spacial score (nSPS) is 13.7. The summed E-state index contributed by atoms with van der Waals surface area (Å²) in [5, 5.41) is 2.01. The Kier molecular flexibility index (Phi) is 4.79. The SMILES string of the molecule is C1=CC(c2ccc3oc4cccnc4c3c2)=CCC(c2cc(-c3ccc4oc5cccnc5c4c3)ccn2)=N1. The highest BCUT2D eigenvalue weighted by Crippen LogP contribution is 2.33. The van der Waals surface area contributed by atoms with Gasteiger partial charge < -0.3 is 8.83 Å². The van der Waals surface area contributed by atoms with E-state index in [4.69, 9.17) is 13.8 Å². The lowest BCUT2D eigenvalue weighted by Crippen LogP contribution is -2.02. The topological polar surface area (TPSA) is 77.3 Å². The summed E-state index contributed by atoms with van der Waals surface area (Å²) in [7, 11) is 0. The second-order valence-corrected chi connectivity index (χ2v) is 9.51. The Morgan fingerprint density at radius 1 is 0.590 bits per heavy atom. The van der Waals surface area contributed by atoms with Gasteiger partial charge in [-0.25, -0.2) is 0 Å². The molecule has 0 spiro atoms. The number of pyridine rings is 3. The lowest BCUT2D eigenvalue weighted by molar-refractivity contribution is 0.668. The van der Waals surface area contributed by atoms with Crippen molar-refractivity contribution in [3.63, 3.8) is 0 Å². The zero-order valence-corrected chi connectivity index (χ0v) is 20.7. The predicted molar refractivity (Wildman–Crippen MR) is 155 cm³/mol. The third-order valence-corrected chi connectivity index (χ3v) is 7.17. The first-order chi connectivity index (χ1) is 19.3. The molecule has 6 heteroatoms. The Labute approximate surface area is 222 Å². The molecule has 7 aromatic rings. The summed E-state index contributed by atoms with van der Waals surface area (Å²) in [5.74, 6) is 0. The summed E-state index contributed by atoms with van der Waals surface area (Å²) in [4.78, 5) is 18.4. The van der Waals surface area contributed by atoms with Crippen molar-refractivity contribution in [2.75, 3.05) is 0 Å². The van der Waals surface area contributed by atoms with Gasteiger partial charge in [-0.2, -0.15) is 0 Å². The molecule has 0 aliphatic carbocycles. The Morgan fingerprint density at radius 3 is 2.00 bits per heavy atom. The van der Waals surface area contributed by atoms with E-state index in [2.05, 4.69) is 51.4 Å². The molecule has 8 rings (SSSR count). The maximum Gasteiger partial charge on any atom is 0.153 e. The summed E-state index contributed by atoms with van der Waals surface area (Å²) < 4.78 is 11.9. The minimum absolute atomic E-state index is 0.663. The van der Waals surface area contributed by atoms with Gasteiger partial charge in [0.25, 0.3) is 0 Å². The van der Waals surface area contributed by atoms with E-state index < -0.39 is 0 Å². The van der Waals surface area contributed by atoms with Gasteiger partial charge in [0.1, 0.15) is 22.2 Å². The van der Waals surface area contributed by atoms with Gasteiger partial charge in [-0.05, 0) is 89.0 Å². The number of furan rings is 2. The van der Waals surface area contributed by atoms with Crippen molar-refractivity contribution in [3.05, 3.63) is 121 Å². The van der Waals surface area contributed by atoms with Crippen LogP contribution in [0.1, 0.15) is 17.7 Å². The smallest absolute Gasteiger partial charge is 0.153 e. The fraction of sp³-hybridized carbons (Fsp3) is 0.0303. The van der Waals surface area contributed by atoms with Crippen molar-refractivity contribution in [3.8, 4) is 11.1 Å². The van der Waals surface area contributed by atoms with Crippen molar-refractivity contribution < 1.29 is 8.83 Å². The van der Waals surface area contributed by atoms with E-state index in [0.717, 1.165) is 77.8 Å². The molecule has 0 saturated heterocycles. The molecule has 0 radical (unpaired) electrons. The maximum absolute atomic E-state index is 5.95. The first-order valence-electron chi connectivity index (χ1n) is 12.8. The summed E-state index contributed by atoms with van der Waals surface area (Å²) >= 11 is 0. The molecular formula is C33H20N4O2. The van der Waals surface area contributed by atoms with Gasteiger partial charge in [-0.3, -0.25) is 19.9 Å². The number of rotatable bonds is 3. The van der Waals surface area contributed by atoms with Gasteiger partial charge in [0, 0.05) is 42.0 Å². The zero-order valence-electron chi connectivity index (χ0n) is 20.7. The highest BCUT2D eigenvalue weighted by atomic mass is 16.3. The molecule has 0 N–H and O–H groups in total. The summed E-state index contributed by atoms with van der Waals surface area (Å²) in [6.45, 7) is 0. The number of fused-ring (bicyclic) bond motifs is 6. The standard InChI is InChI=1S/C33H20N4O2/c1-3-30-32(36-13-1)24-17-21(6-9-28(24)38-30)20-5-8-26(34-15-11-20)27-19-23(12-16-35-27)22-7-10-29-25(18-22)33-31(39-29)4-2-14-37-33/h1-7,9-19H,8H2. The Hall–Kier alpha value is -5.36. The van der Waals surface area contributed by atoms with Gasteiger partial charge in [0.15, 0.2) is 11.2 Å². The third-order valence-electron chi connectivity index (χ3n) is 7.17. The number of allylic oxidation sites excluding steroid dienone is 3. The average Bonchev–Trinajstić information content (AvgIpc) is 3.44. The van der Waals surface area contributed by atoms with Crippen molar-refractivity contribution in [1.82, 2.24) is 15.0 Å². The van der Waals surface area contributed by atoms with Gasteiger partial charge in [0.05, 0.1) is 11.4 Å². The molecule has 5 aromatic heterocycles. The molecule has 184 valence electrons. The summed E-state index contributed by atoms with van der Waals surface area (Å²) in [6, 6.07) is 24.2. The van der Waals surface area contributed by atoms with Gasteiger partial charge in [0.2, 0.25) is 0 Å². The highest BCUT2D eigenvalue weighted by molar-refractivity contribution is 6.06. The van der Waals surface area contributed by atoms with Crippen LogP contribution in [0.15, 0.2) is 124 Å². The number of aromatic nitrogens is 3. The van der Waals surface area contributed by atoms with E-state index in [9.17, 15) is 0 Å². The number of hydrogen-bond acceptors (Lipinski definition) is 6. The molecule has 6 heterocycles. The zero-order chi connectivity index (χ0) is 25.8. The first kappa shape index (κ1) is 21.7. The van der Waals surface area contributed by atoms with Crippen molar-refractivity contribution in [2.24, 2.45) is 4.99 Å². The molecule has 0 amide bonds. The molecule has 0 atom stereocenters. The minimum Gasteiger partial charge on any atom is -0.454 e. The lowest BCUT2D eigenvalue weighted by Gasteiger charge is -2.07. The number of hydrogen-bond donors (Lipinski definition) is 0. The van der Waals surface area contributed by atoms with E-state index in [1.807, 2.05) is 60.9 Å². The van der Waals surface area contributed by atoms with Crippen LogP contribution in [0.4, 0.5) is 0 Å². The van der Waals surface area contributed by atoms with E-state index in [1.165, 1.54) is 0 Å². The van der Waals surface area contributed by atoms with Crippen LogP contribution in [0.2, 0.25) is 0 Å². The van der Waals surface area contributed by atoms with Crippen molar-refractivity contribution >= 4 is 55.4 Å². The lowest BCUT2D eigenvalue weighted by atomic mass is 10.0. The van der Waals surface area contributed by atoms with Crippen molar-refractivity contribution in [2.45, 2.75) is 6.42 Å². The van der Waals surface area contributed by atoms with Crippen LogP contribution < -0.4 is 0 Å². The predicted octanol–water partition coefficient (Wildman–Crippen LogP) is 8.13. The molecule has 0 unspecified atom stereocenters. The highest BCUT2D eigenvalue weighted by Gasteiger charge is 2.13. The Morgan fingerprint density at radius 2 is 1.26 bits per heavy atom. The average molecular weight is 505 g/mol. The Bertz CT molecular complexity index is 2160. The molecule has 1 aliphatic rings. The minimum atomic E-state index is 0.663. The van der Waals surface area contributed by atoms with E-state index in [1.54, 1.807) is 12.4 Å². The van der Waals surface area contributed by atoms with Crippen LogP contribution in [-0.4, -0.2) is 20.7 Å². The van der Waals surface area contributed by atoms with Crippen LogP contribution in [0.25, 0.3) is 60.8 Å². The second kappa shape index (κ2) is 8.60. The Balaban J connectivity index is 1.12. The molecule has 2 aromatic carbocycles. The molecule has 39 heavy (non-hydrogen) atoms. The maximum atomic E-state index is 5.95. The number of benzene rings is 2. The molecule has 1 aliphatic heterocycles. The molecule has 0 saturated carbocycles. The monoisotopic (exact) mass is 504 g/mol. The quantitative estimate of drug-likeness (QED) is 0.243. The van der Waals surface area contributed by atoms with E-state index >= 15 is 0 Å².